The Hall–Kier alpha value is -1.40. The summed E-state index contributed by atoms with van der Waals surface area (Å²) in [5.74, 6) is -74.3. The third-order valence-electron chi connectivity index (χ3n) is 3.90. The average molecular weight is 529 g/mol. The molecule has 0 aliphatic heterocycles. The van der Waals surface area contributed by atoms with Gasteiger partial charge in [0.2, 0.25) is 0 Å². The van der Waals surface area contributed by atoms with E-state index in [1.807, 2.05) is 0 Å². The molecule has 0 atom stereocenters. The molecule has 0 saturated carbocycles. The monoisotopic (exact) mass is 529 g/mol. The van der Waals surface area contributed by atoms with E-state index >= 15 is 0 Å². The van der Waals surface area contributed by atoms with Crippen LogP contribution in [0.5, 0.6) is 0 Å². The topological polar surface area (TPSA) is 0 Å². The van der Waals surface area contributed by atoms with Gasteiger partial charge in [-0.1, -0.05) is 6.92 Å². The molecule has 0 amide bonds. The molecule has 0 aromatic carbocycles. The normalized spacial score (nSPS) is 16.7. The van der Waals surface area contributed by atoms with Crippen LogP contribution >= 0.6 is 0 Å². The minimum atomic E-state index is -8.95. The first kappa shape index (κ1) is 30.6. The Labute approximate surface area is 162 Å². The summed E-state index contributed by atoms with van der Waals surface area (Å²) in [5.41, 5.74) is 0. The summed E-state index contributed by atoms with van der Waals surface area (Å²) >= 11 is 0. The molecule has 0 nitrogen and oxygen atoms in total. The van der Waals surface area contributed by atoms with E-state index in [4.69, 9.17) is 0 Å². The Kier molecular flexibility index (Phi) is 7.23. The average Bonchev–Trinajstić information content (AvgIpc) is 2.59. The molecule has 0 aliphatic carbocycles. The Morgan fingerprint density at radius 3 is 0.844 bits per heavy atom. The van der Waals surface area contributed by atoms with Crippen molar-refractivity contribution in [1.29, 1.82) is 0 Å². The van der Waals surface area contributed by atoms with Gasteiger partial charge < -0.3 is 0 Å². The lowest BCUT2D eigenvalue weighted by Gasteiger charge is -2.44. The van der Waals surface area contributed by atoms with Crippen molar-refractivity contribution in [3.05, 3.63) is 6.43 Å². The molecule has 193 valence electrons. The van der Waals surface area contributed by atoms with Gasteiger partial charge in [0, 0.05) is 6.42 Å². The molecule has 20 heteroatoms. The Bertz CT molecular complexity index is 672. The summed E-state index contributed by atoms with van der Waals surface area (Å²) in [7, 11) is 0. The van der Waals surface area contributed by atoms with Gasteiger partial charge in [-0.15, -0.1) is 0 Å². The van der Waals surface area contributed by atoms with Crippen LogP contribution in [0.4, 0.5) is 87.8 Å². The zero-order valence-corrected chi connectivity index (χ0v) is 14.3. The fourth-order valence-corrected chi connectivity index (χ4v) is 1.75. The number of hydrogen-bond donors (Lipinski definition) is 0. The van der Waals surface area contributed by atoms with Crippen LogP contribution in [-0.2, 0) is 0 Å². The van der Waals surface area contributed by atoms with Crippen molar-refractivity contribution in [2.45, 2.75) is 66.6 Å². The Balaban J connectivity index is 6.95. The van der Waals surface area contributed by atoms with Crippen molar-refractivity contribution in [2.24, 2.45) is 0 Å². The standard InChI is InChI=1S/C12H5F20/c1-2-4(15,16)6(19,20)8(23,24)10(27,28)12(31,32)11(29,30)9(25,26)7(21,22)5(17,18)3(13)14/h2H2,1H3. The SMILES string of the molecule is CCC(F)(F)C(F)(F)C(F)(F)C(F)(F)C(F)(F)C(F)(F)C(F)(F)C(F)(F)C(F)(F)[C](F)F. The second-order valence-corrected chi connectivity index (χ2v) is 5.91. The largest absolute Gasteiger partial charge is 0.385 e. The molecule has 1 radical (unpaired) electrons. The van der Waals surface area contributed by atoms with Crippen LogP contribution in [0.15, 0.2) is 0 Å². The van der Waals surface area contributed by atoms with Crippen LogP contribution in [0.1, 0.15) is 13.3 Å². The van der Waals surface area contributed by atoms with E-state index in [2.05, 4.69) is 0 Å². The molecule has 0 spiro atoms. The molecule has 0 aromatic rings. The number of alkyl halides is 18. The maximum Gasteiger partial charge on any atom is 0.385 e. The first-order valence-electron chi connectivity index (χ1n) is 7.09. The zero-order chi connectivity index (χ0) is 26.8. The highest BCUT2D eigenvalue weighted by Crippen LogP contribution is 2.65. The van der Waals surface area contributed by atoms with E-state index in [9.17, 15) is 87.8 Å². The van der Waals surface area contributed by atoms with E-state index < -0.39 is 66.1 Å². The molecular weight excluding hydrogens is 524 g/mol. The molecular formula is C12H5F20. The van der Waals surface area contributed by atoms with Crippen LogP contribution in [0.2, 0.25) is 0 Å². The quantitative estimate of drug-likeness (QED) is 0.257. The second-order valence-electron chi connectivity index (χ2n) is 5.91. The fourth-order valence-electron chi connectivity index (χ4n) is 1.75. The van der Waals surface area contributed by atoms with Gasteiger partial charge >= 0.3 is 59.7 Å². The lowest BCUT2D eigenvalue weighted by Crippen LogP contribution is -2.76. The van der Waals surface area contributed by atoms with E-state index in [0.717, 1.165) is 0 Å². The van der Waals surface area contributed by atoms with Crippen molar-refractivity contribution in [2.75, 3.05) is 0 Å². The van der Waals surface area contributed by atoms with Crippen LogP contribution in [-0.4, -0.2) is 53.3 Å². The minimum Gasteiger partial charge on any atom is -0.200 e. The van der Waals surface area contributed by atoms with Gasteiger partial charge in [0.1, 0.15) is 0 Å². The lowest BCUT2D eigenvalue weighted by molar-refractivity contribution is -0.462. The molecule has 0 N–H and O–H groups in total. The molecule has 0 unspecified atom stereocenters. The van der Waals surface area contributed by atoms with Crippen LogP contribution < -0.4 is 0 Å². The molecule has 0 fully saturated rings. The molecule has 0 saturated heterocycles. The number of hydrogen-bond acceptors (Lipinski definition) is 0. The third-order valence-corrected chi connectivity index (χ3v) is 3.90. The second kappa shape index (κ2) is 7.56. The summed E-state index contributed by atoms with van der Waals surface area (Å²) in [6, 6.07) is 0. The minimum absolute atomic E-state index is 0.159. The van der Waals surface area contributed by atoms with Crippen molar-refractivity contribution >= 4 is 0 Å². The maximum atomic E-state index is 13.3. The van der Waals surface area contributed by atoms with Crippen molar-refractivity contribution in [3.8, 4) is 0 Å². The molecule has 0 rings (SSSR count). The first-order chi connectivity index (χ1) is 13.5. The van der Waals surface area contributed by atoms with Gasteiger partial charge in [-0.05, 0) is 0 Å². The molecule has 0 bridgehead atoms. The zero-order valence-electron chi connectivity index (χ0n) is 14.3. The number of rotatable bonds is 10. The highest BCUT2D eigenvalue weighted by Gasteiger charge is 2.96. The predicted octanol–water partition coefficient (Wildman–Crippen LogP) is 7.54. The Morgan fingerprint density at radius 1 is 0.406 bits per heavy atom. The summed E-state index contributed by atoms with van der Waals surface area (Å²) in [4.78, 5) is 0. The van der Waals surface area contributed by atoms with Crippen molar-refractivity contribution in [3.63, 3.8) is 0 Å². The molecule has 0 heterocycles. The van der Waals surface area contributed by atoms with Gasteiger partial charge in [0.05, 0.1) is 0 Å². The fraction of sp³-hybridized carbons (Fsp3) is 0.917. The summed E-state index contributed by atoms with van der Waals surface area (Å²) in [6.45, 7) is -0.159. The molecule has 0 aliphatic rings. The van der Waals surface area contributed by atoms with Crippen molar-refractivity contribution < 1.29 is 87.8 Å². The smallest absolute Gasteiger partial charge is 0.200 e. The third kappa shape index (κ3) is 3.44. The lowest BCUT2D eigenvalue weighted by atomic mass is 9.86. The molecule has 0 aromatic heterocycles. The molecule has 32 heavy (non-hydrogen) atoms. The van der Waals surface area contributed by atoms with Crippen LogP contribution in [0.3, 0.4) is 0 Å². The van der Waals surface area contributed by atoms with E-state index in [0.29, 0.717) is 0 Å². The van der Waals surface area contributed by atoms with E-state index in [-0.39, 0.29) is 6.92 Å². The van der Waals surface area contributed by atoms with E-state index in [1.54, 1.807) is 0 Å². The van der Waals surface area contributed by atoms with Gasteiger partial charge in [0.15, 0.2) is 0 Å². The van der Waals surface area contributed by atoms with Gasteiger partial charge in [-0.3, -0.25) is 0 Å². The van der Waals surface area contributed by atoms with Crippen molar-refractivity contribution in [1.82, 2.24) is 0 Å². The predicted molar refractivity (Wildman–Crippen MR) is 60.3 cm³/mol. The highest BCUT2D eigenvalue weighted by molar-refractivity contribution is 5.18. The first-order valence-corrected chi connectivity index (χ1v) is 7.09. The van der Waals surface area contributed by atoms with Crippen LogP contribution in [0.25, 0.3) is 0 Å². The van der Waals surface area contributed by atoms with Gasteiger partial charge in [0.25, 0.3) is 0 Å². The Morgan fingerprint density at radius 2 is 0.625 bits per heavy atom. The van der Waals surface area contributed by atoms with Gasteiger partial charge in [-0.25, -0.2) is 0 Å². The maximum absolute atomic E-state index is 13.3. The summed E-state index contributed by atoms with van der Waals surface area (Å²) in [5, 5.41) is 0. The van der Waals surface area contributed by atoms with Crippen LogP contribution in [0, 0.1) is 6.43 Å². The van der Waals surface area contributed by atoms with E-state index in [1.165, 1.54) is 0 Å². The highest BCUT2D eigenvalue weighted by atomic mass is 19.4. The number of halogens is 20. The summed E-state index contributed by atoms with van der Waals surface area (Å²) < 4.78 is 259. The van der Waals surface area contributed by atoms with Gasteiger partial charge in [-0.2, -0.15) is 87.8 Å². The summed E-state index contributed by atoms with van der Waals surface area (Å²) in [6.07, 6.45) is -7.76.